The van der Waals surface area contributed by atoms with Crippen LogP contribution in [0.3, 0.4) is 0 Å². The highest BCUT2D eigenvalue weighted by Gasteiger charge is 1.99. The molecule has 0 bridgehead atoms. The molecule has 0 aromatic heterocycles. The van der Waals surface area contributed by atoms with Crippen molar-refractivity contribution in [3.05, 3.63) is 0 Å². The molecule has 3 nitrogen and oxygen atoms in total. The van der Waals surface area contributed by atoms with Crippen LogP contribution in [0.25, 0.3) is 0 Å². The summed E-state index contributed by atoms with van der Waals surface area (Å²) >= 11 is 0. The lowest BCUT2D eigenvalue weighted by molar-refractivity contribution is -0.121. The zero-order valence-electron chi connectivity index (χ0n) is 21.1. The van der Waals surface area contributed by atoms with Gasteiger partial charge in [-0.3, -0.25) is 4.79 Å². The molecule has 0 aliphatic heterocycles. The molecule has 3 heteroatoms. The normalized spacial score (nSPS) is 10.2. The van der Waals surface area contributed by atoms with Crippen LogP contribution < -0.4 is 5.32 Å². The number of carbonyl (C=O) groups excluding carboxylic acids is 1. The molecule has 0 rings (SSSR count). The molecule has 1 amide bonds. The van der Waals surface area contributed by atoms with E-state index in [1.165, 1.54) is 89.9 Å². The van der Waals surface area contributed by atoms with E-state index in [4.69, 9.17) is 5.11 Å². The van der Waals surface area contributed by atoms with Crippen molar-refractivity contribution in [1.29, 1.82) is 0 Å². The largest absolute Gasteiger partial charge is 0.396 e. The van der Waals surface area contributed by atoms with Crippen LogP contribution in [0.4, 0.5) is 0 Å². The van der Waals surface area contributed by atoms with Crippen molar-refractivity contribution in [2.45, 2.75) is 142 Å². The van der Waals surface area contributed by atoms with E-state index in [1.807, 2.05) is 0 Å². The van der Waals surface area contributed by atoms with Gasteiger partial charge in [0.15, 0.2) is 0 Å². The minimum Gasteiger partial charge on any atom is -0.396 e. The second kappa shape index (κ2) is 27.6. The molecule has 0 aromatic rings. The van der Waals surface area contributed by atoms with Crippen molar-refractivity contribution in [2.24, 2.45) is 0 Å². The summed E-state index contributed by atoms with van der Waals surface area (Å²) in [5.41, 5.74) is 0. The summed E-state index contributed by atoms with van der Waals surface area (Å²) in [6.07, 6.45) is 25.2. The summed E-state index contributed by atoms with van der Waals surface area (Å²) in [7, 11) is 0. The molecule has 0 aliphatic rings. The summed E-state index contributed by atoms with van der Waals surface area (Å²) in [5, 5.41) is 11.5. The van der Waals surface area contributed by atoms with Gasteiger partial charge in [-0.15, -0.1) is 0 Å². The SMILES string of the molecule is CCCCCCCCCCCCCC#CC#CCCCCCCCCC(=O)NCCCO. The van der Waals surface area contributed by atoms with Crippen LogP contribution in [0, 0.1) is 23.7 Å². The molecule has 0 saturated carbocycles. The molecule has 0 spiro atoms. The third kappa shape index (κ3) is 26.6. The van der Waals surface area contributed by atoms with Crippen molar-refractivity contribution >= 4 is 5.91 Å². The molecule has 32 heavy (non-hydrogen) atoms. The number of rotatable bonds is 22. The maximum atomic E-state index is 11.5. The second-order valence-corrected chi connectivity index (χ2v) is 8.94. The first-order valence-electron chi connectivity index (χ1n) is 13.6. The highest BCUT2D eigenvalue weighted by molar-refractivity contribution is 5.75. The topological polar surface area (TPSA) is 49.3 Å². The van der Waals surface area contributed by atoms with Crippen molar-refractivity contribution in [1.82, 2.24) is 5.32 Å². The average molecular weight is 446 g/mol. The second-order valence-electron chi connectivity index (χ2n) is 8.94. The van der Waals surface area contributed by atoms with Crippen LogP contribution in [-0.2, 0) is 4.79 Å². The number of aliphatic hydroxyl groups is 1. The molecular weight excluding hydrogens is 394 g/mol. The molecule has 0 unspecified atom stereocenters. The number of unbranched alkanes of at least 4 members (excludes halogenated alkanes) is 17. The fourth-order valence-corrected chi connectivity index (χ4v) is 3.69. The summed E-state index contributed by atoms with van der Waals surface area (Å²) < 4.78 is 0. The summed E-state index contributed by atoms with van der Waals surface area (Å²) in [6.45, 7) is 3.00. The van der Waals surface area contributed by atoms with Crippen LogP contribution in [-0.4, -0.2) is 24.2 Å². The molecule has 0 aliphatic carbocycles. The third-order valence-electron chi connectivity index (χ3n) is 5.76. The van der Waals surface area contributed by atoms with Gasteiger partial charge < -0.3 is 10.4 Å². The van der Waals surface area contributed by atoms with Gasteiger partial charge in [0.2, 0.25) is 5.91 Å². The summed E-state index contributed by atoms with van der Waals surface area (Å²) in [4.78, 5) is 11.5. The van der Waals surface area contributed by atoms with E-state index in [2.05, 4.69) is 35.9 Å². The highest BCUT2D eigenvalue weighted by Crippen LogP contribution is 2.11. The lowest BCUT2D eigenvalue weighted by Gasteiger charge is -2.04. The Balaban J connectivity index is 3.28. The number of hydrogen-bond donors (Lipinski definition) is 2. The number of amides is 1. The van der Waals surface area contributed by atoms with E-state index in [-0.39, 0.29) is 12.5 Å². The number of carbonyl (C=O) groups is 1. The van der Waals surface area contributed by atoms with Crippen molar-refractivity contribution < 1.29 is 9.90 Å². The molecule has 0 saturated heterocycles. The van der Waals surface area contributed by atoms with Gasteiger partial charge in [-0.05, 0) is 37.5 Å². The zero-order chi connectivity index (χ0) is 23.4. The number of hydrogen-bond acceptors (Lipinski definition) is 2. The molecule has 0 heterocycles. The van der Waals surface area contributed by atoms with Gasteiger partial charge in [-0.2, -0.15) is 0 Å². The zero-order valence-corrected chi connectivity index (χ0v) is 21.1. The smallest absolute Gasteiger partial charge is 0.219 e. The van der Waals surface area contributed by atoms with Gasteiger partial charge in [-0.1, -0.05) is 109 Å². The number of nitrogens with one attached hydrogen (secondary N) is 1. The highest BCUT2D eigenvalue weighted by atomic mass is 16.3. The van der Waals surface area contributed by atoms with Crippen molar-refractivity contribution in [2.75, 3.05) is 13.2 Å². The Morgan fingerprint density at radius 1 is 0.625 bits per heavy atom. The van der Waals surface area contributed by atoms with E-state index in [9.17, 15) is 4.79 Å². The van der Waals surface area contributed by atoms with Crippen LogP contribution in [0.5, 0.6) is 0 Å². The Labute approximate surface area is 199 Å². The van der Waals surface area contributed by atoms with Crippen molar-refractivity contribution in [3.8, 4) is 23.7 Å². The van der Waals surface area contributed by atoms with Crippen LogP contribution in [0.2, 0.25) is 0 Å². The Kier molecular flexibility index (Phi) is 26.3. The lowest BCUT2D eigenvalue weighted by Crippen LogP contribution is -2.24. The van der Waals surface area contributed by atoms with Gasteiger partial charge in [0, 0.05) is 32.4 Å². The van der Waals surface area contributed by atoms with E-state index < -0.39 is 0 Å². The van der Waals surface area contributed by atoms with Crippen molar-refractivity contribution in [3.63, 3.8) is 0 Å². The van der Waals surface area contributed by atoms with E-state index in [0.29, 0.717) is 19.4 Å². The first kappa shape index (κ1) is 30.6. The molecule has 0 aromatic carbocycles. The fourth-order valence-electron chi connectivity index (χ4n) is 3.69. The quantitative estimate of drug-likeness (QED) is 0.135. The molecule has 0 radical (unpaired) electrons. The van der Waals surface area contributed by atoms with E-state index in [1.54, 1.807) is 0 Å². The molecule has 0 fully saturated rings. The van der Waals surface area contributed by atoms with Gasteiger partial charge >= 0.3 is 0 Å². The third-order valence-corrected chi connectivity index (χ3v) is 5.76. The molecule has 0 atom stereocenters. The fraction of sp³-hybridized carbons (Fsp3) is 0.828. The maximum absolute atomic E-state index is 11.5. The molecule has 184 valence electrons. The first-order valence-corrected chi connectivity index (χ1v) is 13.6. The summed E-state index contributed by atoms with van der Waals surface area (Å²) in [6, 6.07) is 0. The van der Waals surface area contributed by atoms with E-state index in [0.717, 1.165) is 32.1 Å². The molecular formula is C29H51NO2. The predicted molar refractivity (Wildman–Crippen MR) is 138 cm³/mol. The minimum absolute atomic E-state index is 0.110. The van der Waals surface area contributed by atoms with Gasteiger partial charge in [0.1, 0.15) is 0 Å². The van der Waals surface area contributed by atoms with Crippen LogP contribution in [0.1, 0.15) is 142 Å². The van der Waals surface area contributed by atoms with Gasteiger partial charge in [-0.25, -0.2) is 0 Å². The summed E-state index contributed by atoms with van der Waals surface area (Å²) in [5.74, 6) is 12.5. The Morgan fingerprint density at radius 2 is 1.06 bits per heavy atom. The molecule has 2 N–H and O–H groups in total. The van der Waals surface area contributed by atoms with E-state index >= 15 is 0 Å². The Bertz CT molecular complexity index is 521. The predicted octanol–water partition coefficient (Wildman–Crippen LogP) is 7.31. The van der Waals surface area contributed by atoms with Gasteiger partial charge in [0.25, 0.3) is 0 Å². The van der Waals surface area contributed by atoms with Crippen LogP contribution >= 0.6 is 0 Å². The minimum atomic E-state index is 0.110. The number of aliphatic hydroxyl groups excluding tert-OH is 1. The standard InChI is InChI=1S/C29H51NO2/c1-2-3-4-5-6-7-8-9-10-11-12-13-14-15-16-17-18-19-20-21-22-23-24-26-29(32)30-27-25-28-31/h31H,2-13,18-28H2,1H3,(H,30,32). The first-order chi connectivity index (χ1) is 15.8. The lowest BCUT2D eigenvalue weighted by atomic mass is 10.1. The monoisotopic (exact) mass is 445 g/mol. The van der Waals surface area contributed by atoms with Gasteiger partial charge in [0.05, 0.1) is 0 Å². The maximum Gasteiger partial charge on any atom is 0.219 e. The average Bonchev–Trinajstić information content (AvgIpc) is 2.79. The Hall–Kier alpha value is -1.45. The Morgan fingerprint density at radius 3 is 1.53 bits per heavy atom. The van der Waals surface area contributed by atoms with Crippen LogP contribution in [0.15, 0.2) is 0 Å².